The highest BCUT2D eigenvalue weighted by molar-refractivity contribution is 9.10. The Balaban J connectivity index is 2.53. The van der Waals surface area contributed by atoms with E-state index in [0.717, 1.165) is 6.42 Å². The lowest BCUT2D eigenvalue weighted by atomic mass is 9.90. The van der Waals surface area contributed by atoms with Crippen LogP contribution in [0.5, 0.6) is 0 Å². The van der Waals surface area contributed by atoms with Gasteiger partial charge in [-0.1, -0.05) is 36.7 Å². The van der Waals surface area contributed by atoms with Gasteiger partial charge in [0.2, 0.25) is 0 Å². The predicted molar refractivity (Wildman–Crippen MR) is 83.2 cm³/mol. The molecule has 0 aromatic heterocycles. The molecule has 1 rings (SSSR count). The van der Waals surface area contributed by atoms with Gasteiger partial charge in [0.05, 0.1) is 4.47 Å². The first-order chi connectivity index (χ1) is 8.69. The number of amides is 1. The van der Waals surface area contributed by atoms with Gasteiger partial charge in [0, 0.05) is 16.9 Å². The Hall–Kier alpha value is -0.420. The quantitative estimate of drug-likeness (QED) is 0.747. The molecule has 1 atom stereocenters. The van der Waals surface area contributed by atoms with Crippen LogP contribution in [0.2, 0.25) is 0 Å². The van der Waals surface area contributed by atoms with E-state index in [2.05, 4.69) is 57.9 Å². The van der Waals surface area contributed by atoms with Crippen molar-refractivity contribution >= 4 is 37.8 Å². The topological polar surface area (TPSA) is 29.1 Å². The molecule has 1 N–H and O–H groups in total. The molecule has 1 amide bonds. The van der Waals surface area contributed by atoms with Gasteiger partial charge in [-0.05, 0) is 46.0 Å². The summed E-state index contributed by atoms with van der Waals surface area (Å²) in [6.07, 6.45) is 0.946. The van der Waals surface area contributed by atoms with Gasteiger partial charge < -0.3 is 5.32 Å². The summed E-state index contributed by atoms with van der Waals surface area (Å²) in [4.78, 5) is 12.1. The molecule has 0 saturated carbocycles. The number of halogens is 3. The molecule has 106 valence electrons. The summed E-state index contributed by atoms with van der Waals surface area (Å²) in [5.74, 6) is -0.692. The Bertz CT molecular complexity index is 457. The summed E-state index contributed by atoms with van der Waals surface area (Å²) in [5, 5.41) is 2.80. The van der Waals surface area contributed by atoms with Crippen LogP contribution in [-0.2, 0) is 0 Å². The van der Waals surface area contributed by atoms with E-state index in [0.29, 0.717) is 16.6 Å². The minimum absolute atomic E-state index is 0.197. The molecule has 0 aliphatic rings. The number of carbonyl (C=O) groups excluding carboxylic acids is 1. The first kappa shape index (κ1) is 16.6. The highest BCUT2D eigenvalue weighted by Gasteiger charge is 2.17. The van der Waals surface area contributed by atoms with Crippen molar-refractivity contribution in [1.82, 2.24) is 5.32 Å². The molecule has 1 aromatic carbocycles. The van der Waals surface area contributed by atoms with Crippen LogP contribution in [0.4, 0.5) is 4.39 Å². The number of rotatable bonds is 4. The fourth-order valence-electron chi connectivity index (χ4n) is 1.68. The minimum atomic E-state index is -0.433. The van der Waals surface area contributed by atoms with E-state index in [1.807, 2.05) is 0 Å². The molecule has 0 bridgehead atoms. The molecule has 0 saturated heterocycles. The molecule has 19 heavy (non-hydrogen) atoms. The molecule has 1 unspecified atom stereocenters. The number of nitrogens with one attached hydrogen (secondary N) is 1. The van der Waals surface area contributed by atoms with E-state index < -0.39 is 5.82 Å². The number of hydrogen-bond donors (Lipinski definition) is 1. The van der Waals surface area contributed by atoms with Crippen molar-refractivity contribution in [1.29, 1.82) is 0 Å². The second kappa shape index (κ2) is 6.84. The molecule has 2 nitrogen and oxygen atoms in total. The van der Waals surface area contributed by atoms with Gasteiger partial charge in [0.15, 0.2) is 0 Å². The maximum Gasteiger partial charge on any atom is 0.251 e. The van der Waals surface area contributed by atoms with Gasteiger partial charge in [-0.25, -0.2) is 4.39 Å². The summed E-state index contributed by atoms with van der Waals surface area (Å²) < 4.78 is 13.7. The van der Waals surface area contributed by atoms with E-state index in [-0.39, 0.29) is 16.1 Å². The Labute approximate surface area is 130 Å². The molecule has 0 aliphatic heterocycles. The third kappa shape index (κ3) is 6.04. The minimum Gasteiger partial charge on any atom is -0.351 e. The number of alkyl halides is 1. The predicted octanol–water partition coefficient (Wildman–Crippen LogP) is 4.52. The average molecular weight is 395 g/mol. The molecule has 0 radical (unpaired) electrons. The Morgan fingerprint density at radius 2 is 2.05 bits per heavy atom. The zero-order valence-corrected chi connectivity index (χ0v) is 14.4. The lowest BCUT2D eigenvalue weighted by Gasteiger charge is -2.22. The van der Waals surface area contributed by atoms with E-state index in [4.69, 9.17) is 0 Å². The molecule has 0 spiro atoms. The summed E-state index contributed by atoms with van der Waals surface area (Å²) in [7, 11) is 0. The standard InChI is InChI=1S/C14H18Br2FNO/c1-14(2,3)7-10(15)8-18-13(19)9-4-5-11(16)12(17)6-9/h4-6,10H,7-8H2,1-3H3,(H,18,19). The second-order valence-corrected chi connectivity index (χ2v) is 7.85. The van der Waals surface area contributed by atoms with Crippen LogP contribution >= 0.6 is 31.9 Å². The van der Waals surface area contributed by atoms with E-state index in [9.17, 15) is 9.18 Å². The molecule has 5 heteroatoms. The van der Waals surface area contributed by atoms with Crippen LogP contribution in [0, 0.1) is 11.2 Å². The van der Waals surface area contributed by atoms with E-state index >= 15 is 0 Å². The van der Waals surface area contributed by atoms with E-state index in [1.165, 1.54) is 12.1 Å². The summed E-state index contributed by atoms with van der Waals surface area (Å²) in [6, 6.07) is 4.35. The number of carbonyl (C=O) groups is 1. The van der Waals surface area contributed by atoms with Crippen molar-refractivity contribution in [3.8, 4) is 0 Å². The maximum absolute atomic E-state index is 13.3. The van der Waals surface area contributed by atoms with Gasteiger partial charge in [-0.3, -0.25) is 4.79 Å². The molecular formula is C14H18Br2FNO. The van der Waals surface area contributed by atoms with Crippen LogP contribution in [0.3, 0.4) is 0 Å². The third-order valence-corrected chi connectivity index (χ3v) is 3.79. The van der Waals surface area contributed by atoms with Crippen LogP contribution in [-0.4, -0.2) is 17.3 Å². The first-order valence-electron chi connectivity index (χ1n) is 6.06. The zero-order valence-electron chi connectivity index (χ0n) is 11.3. The largest absolute Gasteiger partial charge is 0.351 e. The normalized spacial score (nSPS) is 13.2. The lowest BCUT2D eigenvalue weighted by Crippen LogP contribution is -2.31. The Kier molecular flexibility index (Phi) is 5.99. The van der Waals surface area contributed by atoms with Gasteiger partial charge >= 0.3 is 0 Å². The van der Waals surface area contributed by atoms with Crippen molar-refractivity contribution < 1.29 is 9.18 Å². The van der Waals surface area contributed by atoms with Gasteiger partial charge in [-0.2, -0.15) is 0 Å². The van der Waals surface area contributed by atoms with Crippen LogP contribution in [0.15, 0.2) is 22.7 Å². The SMILES string of the molecule is CC(C)(C)CC(Br)CNC(=O)c1ccc(Br)c(F)c1. The molecule has 1 aromatic rings. The fourth-order valence-corrected chi connectivity index (χ4v) is 3.06. The van der Waals surface area contributed by atoms with Crippen LogP contribution in [0.1, 0.15) is 37.6 Å². The first-order valence-corrected chi connectivity index (χ1v) is 7.77. The van der Waals surface area contributed by atoms with Gasteiger partial charge in [0.25, 0.3) is 5.91 Å². The van der Waals surface area contributed by atoms with Crippen molar-refractivity contribution in [2.24, 2.45) is 5.41 Å². The lowest BCUT2D eigenvalue weighted by molar-refractivity contribution is 0.0952. The van der Waals surface area contributed by atoms with Crippen molar-refractivity contribution in [3.05, 3.63) is 34.1 Å². The number of benzene rings is 1. The zero-order chi connectivity index (χ0) is 14.6. The fraction of sp³-hybridized carbons (Fsp3) is 0.500. The second-order valence-electron chi connectivity index (χ2n) is 5.70. The monoisotopic (exact) mass is 393 g/mol. The highest BCUT2D eigenvalue weighted by atomic mass is 79.9. The average Bonchev–Trinajstić information content (AvgIpc) is 2.27. The van der Waals surface area contributed by atoms with Gasteiger partial charge in [0.1, 0.15) is 5.82 Å². The summed E-state index contributed by atoms with van der Waals surface area (Å²) >= 11 is 6.60. The highest BCUT2D eigenvalue weighted by Crippen LogP contribution is 2.24. The molecule has 0 fully saturated rings. The van der Waals surface area contributed by atoms with Crippen LogP contribution < -0.4 is 5.32 Å². The summed E-state index contributed by atoms with van der Waals surface area (Å²) in [5.41, 5.74) is 0.527. The molecule has 0 aliphatic carbocycles. The van der Waals surface area contributed by atoms with Gasteiger partial charge in [-0.15, -0.1) is 0 Å². The third-order valence-electron chi connectivity index (χ3n) is 2.50. The van der Waals surface area contributed by atoms with Crippen molar-refractivity contribution in [2.75, 3.05) is 6.54 Å². The molecular weight excluding hydrogens is 377 g/mol. The Morgan fingerprint density at radius 1 is 1.42 bits per heavy atom. The smallest absolute Gasteiger partial charge is 0.251 e. The summed E-state index contributed by atoms with van der Waals surface area (Å²) in [6.45, 7) is 6.96. The van der Waals surface area contributed by atoms with Crippen molar-refractivity contribution in [3.63, 3.8) is 0 Å². The van der Waals surface area contributed by atoms with Crippen LogP contribution in [0.25, 0.3) is 0 Å². The molecule has 0 heterocycles. The van der Waals surface area contributed by atoms with E-state index in [1.54, 1.807) is 6.07 Å². The Morgan fingerprint density at radius 3 is 2.58 bits per heavy atom. The number of hydrogen-bond acceptors (Lipinski definition) is 1. The van der Waals surface area contributed by atoms with Crippen molar-refractivity contribution in [2.45, 2.75) is 32.0 Å². The maximum atomic E-state index is 13.3.